The summed E-state index contributed by atoms with van der Waals surface area (Å²) in [4.78, 5) is 28.7. The van der Waals surface area contributed by atoms with Gasteiger partial charge in [0.2, 0.25) is 11.8 Å². The number of carbonyl (C=O) groups is 2. The Balaban J connectivity index is 1.85. The molecule has 2 N–H and O–H groups in total. The topological polar surface area (TPSA) is 79.9 Å². The lowest BCUT2D eigenvalue weighted by atomic mass is 10.1. The average molecular weight is 466 g/mol. The number of nitrogens with zero attached hydrogens (tertiary/aromatic N) is 1. The Morgan fingerprint density at radius 2 is 2.14 bits per heavy atom. The Kier molecular flexibility index (Phi) is 10.2. The molecule has 0 aromatic heterocycles. The number of carbonyl (C=O) groups excluding carboxylic acids is 2. The quantitative estimate of drug-likeness (QED) is 0.536. The number of nitrogens with one attached hydrogen (secondary N) is 2. The van der Waals surface area contributed by atoms with Crippen LogP contribution in [0.1, 0.15) is 19.4 Å². The summed E-state index contributed by atoms with van der Waals surface area (Å²) < 4.78 is 11.7. The van der Waals surface area contributed by atoms with Gasteiger partial charge in [-0.1, -0.05) is 36.3 Å². The predicted octanol–water partition coefficient (Wildman–Crippen LogP) is 1.27. The van der Waals surface area contributed by atoms with Crippen LogP contribution in [0, 0.1) is 10.8 Å². The van der Waals surface area contributed by atoms with Gasteiger partial charge in [0.1, 0.15) is 6.04 Å². The van der Waals surface area contributed by atoms with Crippen LogP contribution in [0.25, 0.3) is 0 Å². The van der Waals surface area contributed by atoms with Crippen LogP contribution < -0.4 is 10.6 Å². The van der Waals surface area contributed by atoms with E-state index in [-0.39, 0.29) is 24.5 Å². The second-order valence-electron chi connectivity index (χ2n) is 6.92. The van der Waals surface area contributed by atoms with E-state index in [1.54, 1.807) is 6.92 Å². The van der Waals surface area contributed by atoms with Crippen molar-refractivity contribution in [2.45, 2.75) is 38.6 Å². The molecule has 1 fully saturated rings. The molecule has 158 valence electrons. The van der Waals surface area contributed by atoms with Gasteiger partial charge in [0, 0.05) is 42.5 Å². The maximum Gasteiger partial charge on any atom is 0.246 e. The van der Waals surface area contributed by atoms with Crippen LogP contribution in [0.4, 0.5) is 0 Å². The second kappa shape index (κ2) is 12.6. The molecule has 3 atom stereocenters. The van der Waals surface area contributed by atoms with Gasteiger partial charge in [-0.25, -0.2) is 0 Å². The first-order valence-electron chi connectivity index (χ1n) is 9.62. The monoisotopic (exact) mass is 465 g/mol. The van der Waals surface area contributed by atoms with Crippen molar-refractivity contribution >= 4 is 27.7 Å². The van der Waals surface area contributed by atoms with E-state index in [1.807, 2.05) is 18.2 Å². The summed E-state index contributed by atoms with van der Waals surface area (Å²) in [5.41, 5.74) is 1.26. The van der Waals surface area contributed by atoms with Crippen molar-refractivity contribution in [2.24, 2.45) is 0 Å². The molecule has 2 amide bonds. The van der Waals surface area contributed by atoms with Crippen LogP contribution in [-0.4, -0.2) is 67.8 Å². The molecule has 0 radical (unpaired) electrons. The van der Waals surface area contributed by atoms with Crippen molar-refractivity contribution in [3.63, 3.8) is 0 Å². The van der Waals surface area contributed by atoms with E-state index in [0.29, 0.717) is 13.2 Å². The molecule has 1 aromatic rings. The molecular formula is C21H28BrN3O4. The molecule has 0 bridgehead atoms. The smallest absolute Gasteiger partial charge is 0.246 e. The third-order valence-electron chi connectivity index (χ3n) is 4.55. The van der Waals surface area contributed by atoms with Crippen LogP contribution in [0.5, 0.6) is 0 Å². The molecule has 1 unspecified atom stereocenters. The third-order valence-corrected chi connectivity index (χ3v) is 4.83. The number of rotatable bonds is 9. The summed E-state index contributed by atoms with van der Waals surface area (Å²) in [5, 5.41) is 5.31. The van der Waals surface area contributed by atoms with Gasteiger partial charge in [-0.2, -0.15) is 0 Å². The first-order chi connectivity index (χ1) is 14.0. The van der Waals surface area contributed by atoms with Crippen molar-refractivity contribution in [3.05, 3.63) is 35.9 Å². The van der Waals surface area contributed by atoms with E-state index in [4.69, 9.17) is 9.47 Å². The summed E-state index contributed by atoms with van der Waals surface area (Å²) in [6.07, 6.45) is -0.598. The fraction of sp³-hybridized carbons (Fsp3) is 0.524. The van der Waals surface area contributed by atoms with Gasteiger partial charge in [0.25, 0.3) is 0 Å². The average Bonchev–Trinajstić information content (AvgIpc) is 2.71. The first kappa shape index (κ1) is 23.4. The molecule has 7 nitrogen and oxygen atoms in total. The zero-order chi connectivity index (χ0) is 21.1. The van der Waals surface area contributed by atoms with E-state index in [2.05, 4.69) is 54.3 Å². The fourth-order valence-electron chi connectivity index (χ4n) is 3.11. The van der Waals surface area contributed by atoms with Gasteiger partial charge in [-0.05, 0) is 17.3 Å². The molecular weight excluding hydrogens is 438 g/mol. The van der Waals surface area contributed by atoms with Crippen molar-refractivity contribution in [2.75, 3.05) is 32.8 Å². The number of benzene rings is 1. The lowest BCUT2D eigenvalue weighted by Crippen LogP contribution is -2.53. The van der Waals surface area contributed by atoms with Crippen LogP contribution in [0.2, 0.25) is 0 Å². The minimum atomic E-state index is -0.798. The molecule has 1 saturated heterocycles. The summed E-state index contributed by atoms with van der Waals surface area (Å²) in [6, 6.07) is 9.51. The number of amides is 2. The molecule has 1 aromatic carbocycles. The third kappa shape index (κ3) is 8.54. The van der Waals surface area contributed by atoms with Gasteiger partial charge in [-0.15, -0.1) is 0 Å². The van der Waals surface area contributed by atoms with Crippen LogP contribution >= 0.6 is 15.9 Å². The molecule has 1 aliphatic heterocycles. The standard InChI is InChI=1S/C21H28BrN3O4/c1-16(20(24-17(2)26)21(27)23-10-6-9-22)29-15-19-14-25(11-12-28-19)13-18-7-4-3-5-8-18/h3-5,7-8,16,19-20H,10-15H2,1-2H3,(H,23,27)(H,24,26)/t16-,19?,20+/m1/s1. The molecule has 1 heterocycles. The zero-order valence-electron chi connectivity index (χ0n) is 16.8. The van der Waals surface area contributed by atoms with Gasteiger partial charge in [-0.3, -0.25) is 14.5 Å². The first-order valence-corrected chi connectivity index (χ1v) is 10.4. The van der Waals surface area contributed by atoms with Gasteiger partial charge in [0.15, 0.2) is 0 Å². The normalized spacial score (nSPS) is 18.8. The van der Waals surface area contributed by atoms with Crippen LogP contribution in [0.15, 0.2) is 30.3 Å². The largest absolute Gasteiger partial charge is 0.373 e. The van der Waals surface area contributed by atoms with Gasteiger partial charge >= 0.3 is 0 Å². The van der Waals surface area contributed by atoms with E-state index >= 15 is 0 Å². The highest BCUT2D eigenvalue weighted by molar-refractivity contribution is 9.12. The molecule has 8 heteroatoms. The Morgan fingerprint density at radius 1 is 1.38 bits per heavy atom. The summed E-state index contributed by atoms with van der Waals surface area (Å²) in [5.74, 6) is 2.06. The number of hydrogen-bond acceptors (Lipinski definition) is 5. The molecule has 1 aliphatic rings. The van der Waals surface area contributed by atoms with E-state index in [0.717, 1.165) is 19.6 Å². The minimum Gasteiger partial charge on any atom is -0.373 e. The van der Waals surface area contributed by atoms with Gasteiger partial charge < -0.3 is 20.1 Å². The summed E-state index contributed by atoms with van der Waals surface area (Å²) >= 11 is 2.98. The summed E-state index contributed by atoms with van der Waals surface area (Å²) in [6.45, 7) is 6.78. The zero-order valence-corrected chi connectivity index (χ0v) is 18.4. The highest BCUT2D eigenvalue weighted by Gasteiger charge is 2.28. The van der Waals surface area contributed by atoms with Crippen LogP contribution in [-0.2, 0) is 25.6 Å². The molecule has 0 saturated carbocycles. The van der Waals surface area contributed by atoms with Crippen LogP contribution in [0.3, 0.4) is 0 Å². The van der Waals surface area contributed by atoms with E-state index in [1.165, 1.54) is 12.5 Å². The number of morpholine rings is 1. The Morgan fingerprint density at radius 3 is 2.83 bits per heavy atom. The maximum absolute atomic E-state index is 12.4. The second-order valence-corrected chi connectivity index (χ2v) is 7.32. The van der Waals surface area contributed by atoms with E-state index < -0.39 is 12.1 Å². The molecule has 0 spiro atoms. The Bertz CT molecular complexity index is 720. The fourth-order valence-corrected chi connectivity index (χ4v) is 3.25. The molecule has 29 heavy (non-hydrogen) atoms. The SMILES string of the molecule is CC(=O)N[C@H](C(=O)NCC#CBr)[C@@H](C)OCC1CN(Cc2ccccc2)CCO1. The summed E-state index contributed by atoms with van der Waals surface area (Å²) in [7, 11) is 0. The Labute approximate surface area is 180 Å². The van der Waals surface area contributed by atoms with Crippen molar-refractivity contribution in [1.29, 1.82) is 0 Å². The number of hydrogen-bond donors (Lipinski definition) is 2. The van der Waals surface area contributed by atoms with E-state index in [9.17, 15) is 9.59 Å². The van der Waals surface area contributed by atoms with Gasteiger partial charge in [0.05, 0.1) is 32.0 Å². The molecule has 2 rings (SSSR count). The lowest BCUT2D eigenvalue weighted by molar-refractivity contribution is -0.134. The minimum absolute atomic E-state index is 0.0878. The van der Waals surface area contributed by atoms with Crippen molar-refractivity contribution in [3.8, 4) is 10.8 Å². The van der Waals surface area contributed by atoms with Crippen molar-refractivity contribution in [1.82, 2.24) is 15.5 Å². The highest BCUT2D eigenvalue weighted by atomic mass is 79.9. The molecule has 0 aliphatic carbocycles. The van der Waals surface area contributed by atoms with Crippen molar-refractivity contribution < 1.29 is 19.1 Å². The lowest BCUT2D eigenvalue weighted by Gasteiger charge is -2.34. The number of ether oxygens (including phenoxy) is 2. The Hall–Kier alpha value is -1.92. The maximum atomic E-state index is 12.4. The number of halogens is 1. The predicted molar refractivity (Wildman–Crippen MR) is 114 cm³/mol. The highest BCUT2D eigenvalue weighted by Crippen LogP contribution is 2.12.